The van der Waals surface area contributed by atoms with Crippen molar-refractivity contribution in [2.24, 2.45) is 0 Å². The summed E-state index contributed by atoms with van der Waals surface area (Å²) >= 11 is 6.30. The van der Waals surface area contributed by atoms with Crippen LogP contribution in [0, 0.1) is 0 Å². The van der Waals surface area contributed by atoms with Crippen molar-refractivity contribution in [1.82, 2.24) is 5.32 Å². The molecule has 0 saturated carbocycles. The molecule has 0 unspecified atom stereocenters. The van der Waals surface area contributed by atoms with Crippen LogP contribution in [0.4, 0.5) is 10.5 Å². The Labute approximate surface area is 224 Å². The number of benzene rings is 3. The van der Waals surface area contributed by atoms with E-state index in [0.29, 0.717) is 10.6 Å². The van der Waals surface area contributed by atoms with E-state index >= 15 is 0 Å². The van der Waals surface area contributed by atoms with Crippen molar-refractivity contribution >= 4 is 40.3 Å². The number of amides is 2. The van der Waals surface area contributed by atoms with E-state index in [4.69, 9.17) is 20.8 Å². The molecule has 3 aromatic carbocycles. The molecule has 0 aliphatic heterocycles. The highest BCUT2D eigenvalue weighted by Crippen LogP contribution is 2.34. The summed E-state index contributed by atoms with van der Waals surface area (Å²) in [5, 5.41) is 16.0. The standard InChI is InChI=1S/C29H27ClN2O6/c1-29(2,3)38-28(36)32-21(15-17-9-5-4-6-10-17)27(35)31-20-13-14-22(33)25-23(34)16-24(37-26(20)25)18-11-7-8-12-19(18)30/h4-14,16,21,33H,15H2,1-3H3,(H,31,35)(H,32,36)/t21-/m1/s1. The smallest absolute Gasteiger partial charge is 0.408 e. The molecule has 0 aliphatic rings. The van der Waals surface area contributed by atoms with Gasteiger partial charge in [-0.15, -0.1) is 0 Å². The average Bonchev–Trinajstić information content (AvgIpc) is 2.85. The second-order valence-electron chi connectivity index (χ2n) is 9.67. The highest BCUT2D eigenvalue weighted by molar-refractivity contribution is 6.33. The molecule has 0 saturated heterocycles. The molecule has 2 amide bonds. The van der Waals surface area contributed by atoms with Crippen LogP contribution in [0.25, 0.3) is 22.3 Å². The number of hydrogen-bond acceptors (Lipinski definition) is 6. The monoisotopic (exact) mass is 534 g/mol. The van der Waals surface area contributed by atoms with Gasteiger partial charge in [-0.3, -0.25) is 9.59 Å². The molecule has 0 bridgehead atoms. The van der Waals surface area contributed by atoms with Crippen molar-refractivity contribution in [3.8, 4) is 17.1 Å². The number of phenols is 1. The summed E-state index contributed by atoms with van der Waals surface area (Å²) < 4.78 is 11.3. The maximum absolute atomic E-state index is 13.5. The predicted molar refractivity (Wildman–Crippen MR) is 147 cm³/mol. The van der Waals surface area contributed by atoms with E-state index in [2.05, 4.69) is 10.6 Å². The van der Waals surface area contributed by atoms with Gasteiger partial charge in [-0.25, -0.2) is 4.79 Å². The van der Waals surface area contributed by atoms with Gasteiger partial charge in [0.05, 0.1) is 10.7 Å². The Morgan fingerprint density at radius 2 is 1.71 bits per heavy atom. The van der Waals surface area contributed by atoms with Gasteiger partial charge in [0.25, 0.3) is 0 Å². The predicted octanol–water partition coefficient (Wildman–Crippen LogP) is 5.89. The molecule has 1 heterocycles. The maximum atomic E-state index is 13.5. The first-order valence-electron chi connectivity index (χ1n) is 11.9. The van der Waals surface area contributed by atoms with E-state index in [0.717, 1.165) is 5.56 Å². The molecule has 1 atom stereocenters. The van der Waals surface area contributed by atoms with Crippen molar-refractivity contribution in [3.05, 3.63) is 93.6 Å². The van der Waals surface area contributed by atoms with Gasteiger partial charge in [-0.05, 0) is 50.6 Å². The SMILES string of the molecule is CC(C)(C)OC(=O)N[C@H](Cc1ccccc1)C(=O)Nc1ccc(O)c2c(=O)cc(-c3ccccc3Cl)oc12. The minimum atomic E-state index is -1.02. The number of fused-ring (bicyclic) bond motifs is 1. The molecule has 38 heavy (non-hydrogen) atoms. The molecule has 1 aromatic heterocycles. The van der Waals surface area contributed by atoms with Crippen molar-refractivity contribution in [1.29, 1.82) is 0 Å². The first-order valence-corrected chi connectivity index (χ1v) is 12.3. The Morgan fingerprint density at radius 1 is 1.03 bits per heavy atom. The molecule has 0 aliphatic carbocycles. The van der Waals surface area contributed by atoms with Crippen molar-refractivity contribution in [2.45, 2.75) is 38.8 Å². The number of anilines is 1. The van der Waals surface area contributed by atoms with E-state index in [1.807, 2.05) is 30.3 Å². The van der Waals surface area contributed by atoms with Crippen LogP contribution in [-0.4, -0.2) is 28.7 Å². The molecule has 0 spiro atoms. The van der Waals surface area contributed by atoms with Crippen LogP contribution in [0.1, 0.15) is 26.3 Å². The van der Waals surface area contributed by atoms with E-state index in [-0.39, 0.29) is 34.6 Å². The quantitative estimate of drug-likeness (QED) is 0.265. The zero-order valence-electron chi connectivity index (χ0n) is 21.1. The number of aromatic hydroxyl groups is 1. The van der Waals surface area contributed by atoms with Gasteiger partial charge in [-0.2, -0.15) is 0 Å². The van der Waals surface area contributed by atoms with Gasteiger partial charge in [0.2, 0.25) is 5.91 Å². The Hall–Kier alpha value is -4.30. The summed E-state index contributed by atoms with van der Waals surface area (Å²) in [5.74, 6) is -0.704. The highest BCUT2D eigenvalue weighted by Gasteiger charge is 2.26. The summed E-state index contributed by atoms with van der Waals surface area (Å²) in [5.41, 5.74) is 0.120. The van der Waals surface area contributed by atoms with Crippen LogP contribution in [0.15, 0.2) is 82.0 Å². The molecule has 4 rings (SSSR count). The lowest BCUT2D eigenvalue weighted by molar-refractivity contribution is -0.118. The summed E-state index contributed by atoms with van der Waals surface area (Å²) in [6.07, 6.45) is -0.576. The van der Waals surface area contributed by atoms with E-state index < -0.39 is 29.1 Å². The van der Waals surface area contributed by atoms with Crippen molar-refractivity contribution < 1.29 is 23.8 Å². The molecular weight excluding hydrogens is 508 g/mol. The van der Waals surface area contributed by atoms with Gasteiger partial charge in [-0.1, -0.05) is 54.1 Å². The number of ether oxygens (including phenoxy) is 1. The highest BCUT2D eigenvalue weighted by atomic mass is 35.5. The number of carbonyl (C=O) groups excluding carboxylic acids is 2. The molecule has 0 fully saturated rings. The fourth-order valence-electron chi connectivity index (χ4n) is 3.87. The minimum absolute atomic E-state index is 0.0310. The second kappa shape index (κ2) is 11.0. The lowest BCUT2D eigenvalue weighted by Crippen LogP contribution is -2.47. The van der Waals surface area contributed by atoms with Gasteiger partial charge in [0, 0.05) is 18.1 Å². The van der Waals surface area contributed by atoms with Crippen molar-refractivity contribution in [3.63, 3.8) is 0 Å². The number of rotatable bonds is 6. The topological polar surface area (TPSA) is 118 Å². The van der Waals surface area contributed by atoms with E-state index in [9.17, 15) is 19.5 Å². The van der Waals surface area contributed by atoms with Gasteiger partial charge in [0.15, 0.2) is 11.0 Å². The molecule has 8 nitrogen and oxygen atoms in total. The summed E-state index contributed by atoms with van der Waals surface area (Å²) in [6.45, 7) is 5.17. The number of hydrogen-bond donors (Lipinski definition) is 3. The largest absolute Gasteiger partial charge is 0.507 e. The fourth-order valence-corrected chi connectivity index (χ4v) is 4.10. The van der Waals surface area contributed by atoms with Crippen LogP contribution in [-0.2, 0) is 16.0 Å². The van der Waals surface area contributed by atoms with Crippen LogP contribution < -0.4 is 16.1 Å². The number of halogens is 1. The van der Waals surface area contributed by atoms with Gasteiger partial charge in [0.1, 0.15) is 28.5 Å². The van der Waals surface area contributed by atoms with Crippen LogP contribution in [0.2, 0.25) is 5.02 Å². The van der Waals surface area contributed by atoms with Crippen LogP contribution >= 0.6 is 11.6 Å². The third kappa shape index (κ3) is 6.33. The van der Waals surface area contributed by atoms with Gasteiger partial charge < -0.3 is 24.9 Å². The van der Waals surface area contributed by atoms with Crippen LogP contribution in [0.3, 0.4) is 0 Å². The summed E-state index contributed by atoms with van der Waals surface area (Å²) in [7, 11) is 0. The minimum Gasteiger partial charge on any atom is -0.507 e. The molecule has 9 heteroatoms. The van der Waals surface area contributed by atoms with Gasteiger partial charge >= 0.3 is 6.09 Å². The normalized spacial score (nSPS) is 12.1. The Morgan fingerprint density at radius 3 is 2.39 bits per heavy atom. The summed E-state index contributed by atoms with van der Waals surface area (Å²) in [4.78, 5) is 38.9. The number of nitrogens with one attached hydrogen (secondary N) is 2. The lowest BCUT2D eigenvalue weighted by atomic mass is 10.0. The summed E-state index contributed by atoms with van der Waals surface area (Å²) in [6, 6.07) is 18.9. The molecular formula is C29H27ClN2O6. The van der Waals surface area contributed by atoms with Crippen LogP contribution in [0.5, 0.6) is 5.75 Å². The zero-order chi connectivity index (χ0) is 27.4. The Kier molecular flexibility index (Phi) is 7.73. The Bertz CT molecular complexity index is 1540. The number of phenolic OH excluding ortho intramolecular Hbond substituents is 1. The Balaban J connectivity index is 1.72. The second-order valence-corrected chi connectivity index (χ2v) is 10.1. The number of alkyl carbamates (subject to hydrolysis) is 1. The molecule has 4 aromatic rings. The lowest BCUT2D eigenvalue weighted by Gasteiger charge is -2.23. The van der Waals surface area contributed by atoms with E-state index in [1.165, 1.54) is 18.2 Å². The average molecular weight is 535 g/mol. The molecule has 0 radical (unpaired) electrons. The third-order valence-corrected chi connectivity index (χ3v) is 5.87. The maximum Gasteiger partial charge on any atom is 0.408 e. The molecule has 3 N–H and O–H groups in total. The fraction of sp³-hybridized carbons (Fsp3) is 0.207. The van der Waals surface area contributed by atoms with Crippen molar-refractivity contribution in [2.75, 3.05) is 5.32 Å². The molecule has 196 valence electrons. The third-order valence-electron chi connectivity index (χ3n) is 5.54. The van der Waals surface area contributed by atoms with E-state index in [1.54, 1.807) is 45.0 Å². The first kappa shape index (κ1) is 26.8. The first-order chi connectivity index (χ1) is 18.0. The zero-order valence-corrected chi connectivity index (χ0v) is 21.8. The number of carbonyl (C=O) groups is 2.